The minimum Gasteiger partial charge on any atom is -0.335 e. The van der Waals surface area contributed by atoms with Gasteiger partial charge in [0.2, 0.25) is 0 Å². The smallest absolute Gasteiger partial charge is 0.272 e. The summed E-state index contributed by atoms with van der Waals surface area (Å²) in [6.07, 6.45) is 1.44. The molecular formula is C12H13N3OS. The Kier molecular flexibility index (Phi) is 3.64. The van der Waals surface area contributed by atoms with E-state index in [1.54, 1.807) is 12.1 Å². The summed E-state index contributed by atoms with van der Waals surface area (Å²) in [6.45, 7) is 3.66. The summed E-state index contributed by atoms with van der Waals surface area (Å²) in [6, 6.07) is 5.23. The number of nitriles is 1. The van der Waals surface area contributed by atoms with Crippen molar-refractivity contribution in [2.24, 2.45) is 0 Å². The van der Waals surface area contributed by atoms with Crippen molar-refractivity contribution in [2.45, 2.75) is 12.2 Å². The van der Waals surface area contributed by atoms with Gasteiger partial charge in [0.05, 0.1) is 5.56 Å². The first kappa shape index (κ1) is 11.9. The summed E-state index contributed by atoms with van der Waals surface area (Å²) in [5.41, 5.74) is 0.896. The Balaban J connectivity index is 2.11. The number of nitrogens with zero attached hydrogens (tertiary/aromatic N) is 3. The Morgan fingerprint density at radius 3 is 3.06 bits per heavy atom. The zero-order valence-electron chi connectivity index (χ0n) is 9.59. The standard InChI is InChI=1S/C12H13N3OS/c1-9-8-15(4-5-17-9)12(16)11-3-2-10(6-13)7-14-11/h2-3,7,9H,4-5,8H2,1H3. The third-order valence-corrected chi connectivity index (χ3v) is 3.78. The molecule has 1 aliphatic heterocycles. The molecule has 1 aliphatic rings. The first-order valence-corrected chi connectivity index (χ1v) is 6.52. The number of hydrogen-bond donors (Lipinski definition) is 0. The van der Waals surface area contributed by atoms with Gasteiger partial charge in [-0.1, -0.05) is 6.92 Å². The van der Waals surface area contributed by atoms with E-state index in [4.69, 9.17) is 5.26 Å². The Bertz CT molecular complexity index is 452. The summed E-state index contributed by atoms with van der Waals surface area (Å²) >= 11 is 1.88. The summed E-state index contributed by atoms with van der Waals surface area (Å²) in [7, 11) is 0. The molecule has 2 heterocycles. The predicted molar refractivity (Wildman–Crippen MR) is 66.8 cm³/mol. The number of rotatable bonds is 1. The molecule has 0 saturated carbocycles. The van der Waals surface area contributed by atoms with Crippen molar-refractivity contribution >= 4 is 17.7 Å². The van der Waals surface area contributed by atoms with Crippen LogP contribution in [0.15, 0.2) is 18.3 Å². The Labute approximate surface area is 105 Å². The summed E-state index contributed by atoms with van der Waals surface area (Å²) in [4.78, 5) is 18.0. The molecular weight excluding hydrogens is 234 g/mol. The van der Waals surface area contributed by atoms with Crippen molar-refractivity contribution in [1.82, 2.24) is 9.88 Å². The fraction of sp³-hybridized carbons (Fsp3) is 0.417. The van der Waals surface area contributed by atoms with Gasteiger partial charge in [0.15, 0.2) is 0 Å². The molecule has 1 aromatic rings. The molecule has 5 heteroatoms. The molecule has 1 aromatic heterocycles. The molecule has 0 aromatic carbocycles. The summed E-state index contributed by atoms with van der Waals surface area (Å²) in [5.74, 6) is 0.935. The van der Waals surface area contributed by atoms with Crippen LogP contribution in [0, 0.1) is 11.3 Å². The number of hydrogen-bond acceptors (Lipinski definition) is 4. The molecule has 1 unspecified atom stereocenters. The van der Waals surface area contributed by atoms with Crippen LogP contribution in [-0.4, -0.2) is 39.9 Å². The van der Waals surface area contributed by atoms with Gasteiger partial charge in [-0.15, -0.1) is 0 Å². The number of thioether (sulfide) groups is 1. The van der Waals surface area contributed by atoms with Gasteiger partial charge in [0, 0.05) is 30.3 Å². The van der Waals surface area contributed by atoms with Gasteiger partial charge in [-0.25, -0.2) is 4.98 Å². The van der Waals surface area contributed by atoms with Gasteiger partial charge < -0.3 is 4.90 Å². The number of aromatic nitrogens is 1. The minimum atomic E-state index is -0.0401. The van der Waals surface area contributed by atoms with E-state index in [9.17, 15) is 4.79 Å². The van der Waals surface area contributed by atoms with Crippen molar-refractivity contribution < 1.29 is 4.79 Å². The zero-order valence-corrected chi connectivity index (χ0v) is 10.4. The second-order valence-electron chi connectivity index (χ2n) is 3.98. The van der Waals surface area contributed by atoms with E-state index in [0.717, 1.165) is 18.8 Å². The molecule has 88 valence electrons. The molecule has 1 saturated heterocycles. The van der Waals surface area contributed by atoms with E-state index < -0.39 is 0 Å². The average molecular weight is 247 g/mol. The molecule has 0 aliphatic carbocycles. The summed E-state index contributed by atoms with van der Waals surface area (Å²) in [5, 5.41) is 9.14. The number of amides is 1. The van der Waals surface area contributed by atoms with Crippen LogP contribution >= 0.6 is 11.8 Å². The Hall–Kier alpha value is -1.54. The molecule has 1 amide bonds. The van der Waals surface area contributed by atoms with Gasteiger partial charge in [-0.2, -0.15) is 17.0 Å². The lowest BCUT2D eigenvalue weighted by Gasteiger charge is -2.30. The van der Waals surface area contributed by atoms with Gasteiger partial charge in [-0.05, 0) is 12.1 Å². The van der Waals surface area contributed by atoms with Crippen LogP contribution in [-0.2, 0) is 0 Å². The van der Waals surface area contributed by atoms with E-state index >= 15 is 0 Å². The predicted octanol–water partition coefficient (Wildman–Crippen LogP) is 1.53. The SMILES string of the molecule is CC1CN(C(=O)c2ccc(C#N)cn2)CCS1. The van der Waals surface area contributed by atoms with Crippen molar-refractivity contribution in [3.8, 4) is 6.07 Å². The molecule has 1 atom stereocenters. The van der Waals surface area contributed by atoms with E-state index in [-0.39, 0.29) is 5.91 Å². The van der Waals surface area contributed by atoms with Crippen LogP contribution in [0.2, 0.25) is 0 Å². The molecule has 0 radical (unpaired) electrons. The van der Waals surface area contributed by atoms with Crippen molar-refractivity contribution in [2.75, 3.05) is 18.8 Å². The van der Waals surface area contributed by atoms with Crippen molar-refractivity contribution in [3.63, 3.8) is 0 Å². The number of pyridine rings is 1. The van der Waals surface area contributed by atoms with Crippen LogP contribution < -0.4 is 0 Å². The normalized spacial score (nSPS) is 19.8. The Morgan fingerprint density at radius 1 is 1.65 bits per heavy atom. The highest BCUT2D eigenvalue weighted by molar-refractivity contribution is 7.99. The van der Waals surface area contributed by atoms with Crippen LogP contribution in [0.3, 0.4) is 0 Å². The van der Waals surface area contributed by atoms with Gasteiger partial charge >= 0.3 is 0 Å². The lowest BCUT2D eigenvalue weighted by atomic mass is 10.2. The van der Waals surface area contributed by atoms with Crippen molar-refractivity contribution in [1.29, 1.82) is 5.26 Å². The van der Waals surface area contributed by atoms with E-state index in [1.165, 1.54) is 6.20 Å². The van der Waals surface area contributed by atoms with E-state index in [0.29, 0.717) is 16.5 Å². The third-order valence-electron chi connectivity index (χ3n) is 2.64. The molecule has 0 N–H and O–H groups in total. The first-order chi connectivity index (χ1) is 8.20. The van der Waals surface area contributed by atoms with Gasteiger partial charge in [0.1, 0.15) is 11.8 Å². The highest BCUT2D eigenvalue weighted by atomic mass is 32.2. The van der Waals surface area contributed by atoms with Gasteiger partial charge in [0.25, 0.3) is 5.91 Å². The Morgan fingerprint density at radius 2 is 2.47 bits per heavy atom. The fourth-order valence-corrected chi connectivity index (χ4v) is 2.76. The number of carbonyl (C=O) groups is 1. The van der Waals surface area contributed by atoms with Crippen LogP contribution in [0.25, 0.3) is 0 Å². The van der Waals surface area contributed by atoms with Crippen LogP contribution in [0.4, 0.5) is 0 Å². The highest BCUT2D eigenvalue weighted by Crippen LogP contribution is 2.19. The molecule has 0 spiro atoms. The van der Waals surface area contributed by atoms with Crippen LogP contribution in [0.5, 0.6) is 0 Å². The maximum atomic E-state index is 12.1. The second-order valence-corrected chi connectivity index (χ2v) is 5.52. The maximum absolute atomic E-state index is 12.1. The quantitative estimate of drug-likeness (QED) is 0.755. The first-order valence-electron chi connectivity index (χ1n) is 5.47. The maximum Gasteiger partial charge on any atom is 0.272 e. The number of carbonyl (C=O) groups excluding carboxylic acids is 1. The monoisotopic (exact) mass is 247 g/mol. The van der Waals surface area contributed by atoms with Gasteiger partial charge in [-0.3, -0.25) is 4.79 Å². The lowest BCUT2D eigenvalue weighted by Crippen LogP contribution is -2.41. The average Bonchev–Trinajstić information content (AvgIpc) is 2.38. The minimum absolute atomic E-state index is 0.0401. The second kappa shape index (κ2) is 5.19. The molecule has 2 rings (SSSR count). The molecule has 4 nitrogen and oxygen atoms in total. The van der Waals surface area contributed by atoms with E-state index in [2.05, 4.69) is 11.9 Å². The zero-order chi connectivity index (χ0) is 12.3. The molecule has 1 fully saturated rings. The van der Waals surface area contributed by atoms with Crippen molar-refractivity contribution in [3.05, 3.63) is 29.6 Å². The topological polar surface area (TPSA) is 57.0 Å². The third kappa shape index (κ3) is 2.77. The fourth-order valence-electron chi connectivity index (χ4n) is 1.75. The van der Waals surface area contributed by atoms with E-state index in [1.807, 2.05) is 22.7 Å². The van der Waals surface area contributed by atoms with Crippen LogP contribution in [0.1, 0.15) is 23.0 Å². The molecule has 0 bridgehead atoms. The molecule has 17 heavy (non-hydrogen) atoms. The lowest BCUT2D eigenvalue weighted by molar-refractivity contribution is 0.0757. The highest BCUT2D eigenvalue weighted by Gasteiger charge is 2.22. The largest absolute Gasteiger partial charge is 0.335 e. The summed E-state index contributed by atoms with van der Waals surface area (Å²) < 4.78 is 0.